The number of hydrogen-bond acceptors (Lipinski definition) is 4. The average Bonchev–Trinajstić information content (AvgIpc) is 2.91. The molecular weight excluding hydrogens is 258 g/mol. The molecule has 1 aromatic heterocycles. The molecule has 0 saturated heterocycles. The largest absolute Gasteiger partial charge is 0.464 e. The first kappa shape index (κ1) is 16.2. The van der Waals surface area contributed by atoms with Crippen molar-refractivity contribution in [2.24, 2.45) is 0 Å². The molecule has 0 aromatic carbocycles. The quantitative estimate of drug-likeness (QED) is 0.494. The van der Waals surface area contributed by atoms with Gasteiger partial charge >= 0.3 is 5.97 Å². The zero-order valence-corrected chi connectivity index (χ0v) is 12.3. The number of amides is 1. The number of ether oxygens (including phenoxy) is 1. The number of carbonyl (C=O) groups is 2. The lowest BCUT2D eigenvalue weighted by Crippen LogP contribution is -2.33. The summed E-state index contributed by atoms with van der Waals surface area (Å²) in [6.45, 7) is 5.19. The molecule has 0 aliphatic rings. The second-order valence-electron chi connectivity index (χ2n) is 4.69. The fourth-order valence-electron chi connectivity index (χ4n) is 1.65. The Hall–Kier alpha value is -1.82. The molecule has 112 valence electrons. The first-order valence-electron chi connectivity index (χ1n) is 6.83. The van der Waals surface area contributed by atoms with Gasteiger partial charge in [-0.1, -0.05) is 6.92 Å². The molecule has 0 aliphatic heterocycles. The highest BCUT2D eigenvalue weighted by Crippen LogP contribution is 2.03. The predicted octanol–water partition coefficient (Wildman–Crippen LogP) is 1.20. The molecule has 6 heteroatoms. The zero-order chi connectivity index (χ0) is 15.0. The lowest BCUT2D eigenvalue weighted by atomic mass is 10.2. The molecule has 0 radical (unpaired) electrons. The van der Waals surface area contributed by atoms with E-state index in [0.29, 0.717) is 25.2 Å². The molecule has 1 aromatic rings. The van der Waals surface area contributed by atoms with Crippen LogP contribution in [0.15, 0.2) is 12.1 Å². The van der Waals surface area contributed by atoms with Crippen LogP contribution in [0.4, 0.5) is 0 Å². The number of rotatable bonds is 8. The van der Waals surface area contributed by atoms with Crippen LogP contribution >= 0.6 is 0 Å². The van der Waals surface area contributed by atoms with Gasteiger partial charge in [0.1, 0.15) is 5.69 Å². The first-order chi connectivity index (χ1) is 9.56. The SMILES string of the molecule is CCC(C)NC(=O)CCNCc1ccc(C(=O)OC)[nH]1. The molecular formula is C14H23N3O3. The van der Waals surface area contributed by atoms with Gasteiger partial charge in [0, 0.05) is 31.2 Å². The van der Waals surface area contributed by atoms with Crippen LogP contribution in [0.2, 0.25) is 0 Å². The lowest BCUT2D eigenvalue weighted by molar-refractivity contribution is -0.121. The Bertz CT molecular complexity index is 443. The van der Waals surface area contributed by atoms with Crippen LogP contribution in [0.25, 0.3) is 0 Å². The van der Waals surface area contributed by atoms with Crippen molar-refractivity contribution in [3.8, 4) is 0 Å². The Morgan fingerprint density at radius 1 is 1.40 bits per heavy atom. The minimum Gasteiger partial charge on any atom is -0.464 e. The monoisotopic (exact) mass is 281 g/mol. The van der Waals surface area contributed by atoms with Gasteiger partial charge < -0.3 is 20.4 Å². The van der Waals surface area contributed by atoms with E-state index in [0.717, 1.165) is 12.1 Å². The summed E-state index contributed by atoms with van der Waals surface area (Å²) >= 11 is 0. The van der Waals surface area contributed by atoms with Crippen molar-refractivity contribution in [2.45, 2.75) is 39.3 Å². The van der Waals surface area contributed by atoms with Crippen LogP contribution in [-0.2, 0) is 16.1 Å². The Kier molecular flexibility index (Phi) is 6.79. The second kappa shape index (κ2) is 8.37. The van der Waals surface area contributed by atoms with E-state index in [1.165, 1.54) is 7.11 Å². The normalized spacial score (nSPS) is 11.9. The topological polar surface area (TPSA) is 83.2 Å². The first-order valence-corrected chi connectivity index (χ1v) is 6.83. The van der Waals surface area contributed by atoms with Crippen molar-refractivity contribution >= 4 is 11.9 Å². The third-order valence-electron chi connectivity index (χ3n) is 3.02. The van der Waals surface area contributed by atoms with Crippen molar-refractivity contribution in [3.05, 3.63) is 23.5 Å². The number of carbonyl (C=O) groups excluding carboxylic acids is 2. The maximum atomic E-state index is 11.5. The molecule has 1 rings (SSSR count). The van der Waals surface area contributed by atoms with Gasteiger partial charge in [-0.15, -0.1) is 0 Å². The van der Waals surface area contributed by atoms with Gasteiger partial charge in [0.2, 0.25) is 5.91 Å². The maximum absolute atomic E-state index is 11.5. The minimum absolute atomic E-state index is 0.0496. The summed E-state index contributed by atoms with van der Waals surface area (Å²) in [7, 11) is 1.34. The number of nitrogens with one attached hydrogen (secondary N) is 3. The average molecular weight is 281 g/mol. The van der Waals surface area contributed by atoms with Crippen LogP contribution in [-0.4, -0.2) is 36.6 Å². The highest BCUT2D eigenvalue weighted by molar-refractivity contribution is 5.87. The van der Waals surface area contributed by atoms with Crippen molar-refractivity contribution in [3.63, 3.8) is 0 Å². The van der Waals surface area contributed by atoms with Gasteiger partial charge in [0.25, 0.3) is 0 Å². The molecule has 0 fully saturated rings. The number of hydrogen-bond donors (Lipinski definition) is 3. The Morgan fingerprint density at radius 2 is 2.15 bits per heavy atom. The van der Waals surface area contributed by atoms with E-state index >= 15 is 0 Å². The van der Waals surface area contributed by atoms with Crippen molar-refractivity contribution in [1.29, 1.82) is 0 Å². The third-order valence-corrected chi connectivity index (χ3v) is 3.02. The fraction of sp³-hybridized carbons (Fsp3) is 0.571. The molecule has 0 aliphatic carbocycles. The highest BCUT2D eigenvalue weighted by atomic mass is 16.5. The van der Waals surface area contributed by atoms with Gasteiger partial charge in [-0.25, -0.2) is 4.79 Å². The van der Waals surface area contributed by atoms with E-state index in [2.05, 4.69) is 20.4 Å². The van der Waals surface area contributed by atoms with E-state index in [9.17, 15) is 9.59 Å². The molecule has 0 saturated carbocycles. The summed E-state index contributed by atoms with van der Waals surface area (Å²) in [5.41, 5.74) is 1.31. The summed E-state index contributed by atoms with van der Waals surface area (Å²) in [6.07, 6.45) is 1.37. The van der Waals surface area contributed by atoms with Gasteiger partial charge in [-0.05, 0) is 25.5 Å². The van der Waals surface area contributed by atoms with E-state index in [1.54, 1.807) is 6.07 Å². The summed E-state index contributed by atoms with van der Waals surface area (Å²) < 4.78 is 4.61. The summed E-state index contributed by atoms with van der Waals surface area (Å²) in [4.78, 5) is 25.7. The predicted molar refractivity (Wildman–Crippen MR) is 76.4 cm³/mol. The van der Waals surface area contributed by atoms with Crippen molar-refractivity contribution in [2.75, 3.05) is 13.7 Å². The minimum atomic E-state index is -0.385. The van der Waals surface area contributed by atoms with Gasteiger partial charge in [0.15, 0.2) is 0 Å². The summed E-state index contributed by atoms with van der Waals surface area (Å²) in [6, 6.07) is 3.71. The van der Waals surface area contributed by atoms with E-state index in [1.807, 2.05) is 19.9 Å². The third kappa shape index (κ3) is 5.44. The van der Waals surface area contributed by atoms with Crippen molar-refractivity contribution in [1.82, 2.24) is 15.6 Å². The van der Waals surface area contributed by atoms with Crippen LogP contribution in [0.5, 0.6) is 0 Å². The Balaban J connectivity index is 2.23. The van der Waals surface area contributed by atoms with Crippen LogP contribution < -0.4 is 10.6 Å². The van der Waals surface area contributed by atoms with Crippen LogP contribution in [0, 0.1) is 0 Å². The van der Waals surface area contributed by atoms with Crippen molar-refractivity contribution < 1.29 is 14.3 Å². The molecule has 3 N–H and O–H groups in total. The summed E-state index contributed by atoms with van der Waals surface area (Å²) in [5.74, 6) is -0.335. The molecule has 1 heterocycles. The zero-order valence-electron chi connectivity index (χ0n) is 12.3. The molecule has 1 amide bonds. The fourth-order valence-corrected chi connectivity index (χ4v) is 1.65. The highest BCUT2D eigenvalue weighted by Gasteiger charge is 2.08. The smallest absolute Gasteiger partial charge is 0.354 e. The van der Waals surface area contributed by atoms with E-state index < -0.39 is 0 Å². The van der Waals surface area contributed by atoms with E-state index in [-0.39, 0.29) is 17.9 Å². The maximum Gasteiger partial charge on any atom is 0.354 e. The van der Waals surface area contributed by atoms with Gasteiger partial charge in [-0.2, -0.15) is 0 Å². The van der Waals surface area contributed by atoms with Crippen LogP contribution in [0.1, 0.15) is 42.9 Å². The lowest BCUT2D eigenvalue weighted by Gasteiger charge is -2.11. The molecule has 0 spiro atoms. The molecule has 0 bridgehead atoms. The van der Waals surface area contributed by atoms with E-state index in [4.69, 9.17) is 0 Å². The Labute approximate surface area is 119 Å². The Morgan fingerprint density at radius 3 is 2.80 bits per heavy atom. The summed E-state index contributed by atoms with van der Waals surface area (Å²) in [5, 5.41) is 6.06. The van der Waals surface area contributed by atoms with Gasteiger partial charge in [-0.3, -0.25) is 4.79 Å². The number of aromatic amines is 1. The number of H-pyrrole nitrogens is 1. The van der Waals surface area contributed by atoms with Gasteiger partial charge in [0.05, 0.1) is 7.11 Å². The number of esters is 1. The standard InChI is InChI=1S/C14H23N3O3/c1-4-10(2)16-13(18)7-8-15-9-11-5-6-12(17-11)14(19)20-3/h5-6,10,15,17H,4,7-9H2,1-3H3,(H,16,18). The molecule has 6 nitrogen and oxygen atoms in total. The number of methoxy groups -OCH3 is 1. The van der Waals surface area contributed by atoms with Crippen LogP contribution in [0.3, 0.4) is 0 Å². The molecule has 1 atom stereocenters. The molecule has 20 heavy (non-hydrogen) atoms. The number of aromatic nitrogens is 1. The second-order valence-corrected chi connectivity index (χ2v) is 4.69. The molecule has 1 unspecified atom stereocenters.